The van der Waals surface area contributed by atoms with Gasteiger partial charge in [0, 0.05) is 11.1 Å². The minimum Gasteiger partial charge on any atom is -0.494 e. The van der Waals surface area contributed by atoms with Gasteiger partial charge >= 0.3 is 0 Å². The third-order valence-electron chi connectivity index (χ3n) is 3.98. The van der Waals surface area contributed by atoms with Crippen molar-refractivity contribution in [2.75, 3.05) is 33.3 Å². The summed E-state index contributed by atoms with van der Waals surface area (Å²) in [6.07, 6.45) is 0. The number of amides is 1. The first-order valence-electron chi connectivity index (χ1n) is 8.77. The van der Waals surface area contributed by atoms with Crippen molar-refractivity contribution in [2.45, 2.75) is 6.92 Å². The molecule has 2 aromatic carbocycles. The molecular weight excluding hydrogens is 394 g/mol. The molecule has 1 heterocycles. The number of aromatic nitrogens is 2. The number of nitrogens with zero attached hydrogens (tertiary/aromatic N) is 2. The van der Waals surface area contributed by atoms with E-state index >= 15 is 0 Å². The molecule has 3 rings (SSSR count). The molecule has 1 aromatic heterocycles. The second-order valence-corrected chi connectivity index (χ2v) is 6.72. The zero-order valence-corrected chi connectivity index (χ0v) is 17.3. The number of benzene rings is 2. The van der Waals surface area contributed by atoms with Gasteiger partial charge in [0.25, 0.3) is 5.91 Å². The van der Waals surface area contributed by atoms with Crippen LogP contribution in [0, 0.1) is 0 Å². The molecule has 0 radical (unpaired) electrons. The Morgan fingerprint density at radius 2 is 1.66 bits per heavy atom. The predicted octanol–water partition coefficient (Wildman–Crippen LogP) is 3.88. The van der Waals surface area contributed by atoms with Crippen LogP contribution in [-0.2, 0) is 0 Å². The molecule has 152 valence electrons. The van der Waals surface area contributed by atoms with Crippen LogP contribution in [0.4, 0.5) is 5.13 Å². The smallest absolute Gasteiger partial charge is 0.257 e. The van der Waals surface area contributed by atoms with Crippen molar-refractivity contribution in [1.29, 1.82) is 0 Å². The molecule has 29 heavy (non-hydrogen) atoms. The molecule has 0 unspecified atom stereocenters. The summed E-state index contributed by atoms with van der Waals surface area (Å²) in [5, 5.41) is 12.0. The van der Waals surface area contributed by atoms with E-state index in [0.29, 0.717) is 39.6 Å². The lowest BCUT2D eigenvalue weighted by molar-refractivity contribution is 0.102. The van der Waals surface area contributed by atoms with Crippen LogP contribution < -0.4 is 24.3 Å². The Kier molecular flexibility index (Phi) is 6.50. The summed E-state index contributed by atoms with van der Waals surface area (Å²) >= 11 is 1.27. The van der Waals surface area contributed by atoms with Crippen LogP contribution >= 0.6 is 11.3 Å². The first-order chi connectivity index (χ1) is 14.1. The van der Waals surface area contributed by atoms with Crippen molar-refractivity contribution >= 4 is 22.4 Å². The van der Waals surface area contributed by atoms with Gasteiger partial charge in [-0.3, -0.25) is 10.1 Å². The molecule has 0 aliphatic heterocycles. The highest BCUT2D eigenvalue weighted by atomic mass is 32.1. The zero-order valence-electron chi connectivity index (χ0n) is 16.5. The van der Waals surface area contributed by atoms with Crippen molar-refractivity contribution in [1.82, 2.24) is 10.2 Å². The summed E-state index contributed by atoms with van der Waals surface area (Å²) in [7, 11) is 4.49. The van der Waals surface area contributed by atoms with E-state index < -0.39 is 0 Å². The lowest BCUT2D eigenvalue weighted by atomic mass is 10.1. The minimum absolute atomic E-state index is 0.345. The Hall–Kier alpha value is -3.33. The third kappa shape index (κ3) is 4.57. The fourth-order valence-electron chi connectivity index (χ4n) is 2.63. The van der Waals surface area contributed by atoms with Gasteiger partial charge in [-0.15, -0.1) is 10.2 Å². The highest BCUT2D eigenvalue weighted by molar-refractivity contribution is 7.18. The molecular formula is C20H21N3O5S. The van der Waals surface area contributed by atoms with Gasteiger partial charge in [0.1, 0.15) is 10.8 Å². The van der Waals surface area contributed by atoms with Gasteiger partial charge in [0.05, 0.1) is 27.9 Å². The summed E-state index contributed by atoms with van der Waals surface area (Å²) in [6, 6.07) is 10.7. The number of carbonyl (C=O) groups excluding carboxylic acids is 1. The van der Waals surface area contributed by atoms with E-state index in [1.165, 1.54) is 32.7 Å². The largest absolute Gasteiger partial charge is 0.494 e. The van der Waals surface area contributed by atoms with Crippen LogP contribution in [0.1, 0.15) is 17.3 Å². The topological polar surface area (TPSA) is 91.8 Å². The molecule has 0 saturated carbocycles. The Morgan fingerprint density at radius 3 is 2.21 bits per heavy atom. The Bertz CT molecular complexity index is 963. The first kappa shape index (κ1) is 20.4. The van der Waals surface area contributed by atoms with E-state index in [2.05, 4.69) is 15.5 Å². The number of anilines is 1. The molecule has 0 atom stereocenters. The van der Waals surface area contributed by atoms with Crippen LogP contribution in [0.15, 0.2) is 36.4 Å². The maximum atomic E-state index is 12.7. The molecule has 0 bridgehead atoms. The van der Waals surface area contributed by atoms with E-state index in [4.69, 9.17) is 18.9 Å². The van der Waals surface area contributed by atoms with Gasteiger partial charge in [-0.2, -0.15) is 0 Å². The zero-order chi connectivity index (χ0) is 20.8. The van der Waals surface area contributed by atoms with Gasteiger partial charge in [-0.1, -0.05) is 11.3 Å². The molecule has 0 aliphatic rings. The van der Waals surface area contributed by atoms with Crippen LogP contribution in [0.25, 0.3) is 10.6 Å². The van der Waals surface area contributed by atoms with Crippen molar-refractivity contribution in [3.63, 3.8) is 0 Å². The summed E-state index contributed by atoms with van der Waals surface area (Å²) in [5.41, 5.74) is 1.23. The number of nitrogens with one attached hydrogen (secondary N) is 1. The van der Waals surface area contributed by atoms with E-state index in [9.17, 15) is 4.79 Å². The molecule has 0 aliphatic carbocycles. The third-order valence-corrected chi connectivity index (χ3v) is 4.87. The monoisotopic (exact) mass is 415 g/mol. The number of hydrogen-bond acceptors (Lipinski definition) is 8. The number of carbonyl (C=O) groups is 1. The van der Waals surface area contributed by atoms with Gasteiger partial charge in [0.2, 0.25) is 10.9 Å². The van der Waals surface area contributed by atoms with Crippen LogP contribution in [0.2, 0.25) is 0 Å². The fourth-order valence-corrected chi connectivity index (χ4v) is 3.38. The highest BCUT2D eigenvalue weighted by Crippen LogP contribution is 2.38. The minimum atomic E-state index is -0.362. The Morgan fingerprint density at radius 1 is 1.00 bits per heavy atom. The maximum Gasteiger partial charge on any atom is 0.257 e. The van der Waals surface area contributed by atoms with Gasteiger partial charge in [-0.25, -0.2) is 0 Å². The Labute approximate surface area is 172 Å². The van der Waals surface area contributed by atoms with Crippen molar-refractivity contribution in [3.8, 4) is 33.6 Å². The SMILES string of the molecule is CCOc1ccc(-c2nnc(NC(=O)c3cc(OC)c(OC)c(OC)c3)s2)cc1. The fraction of sp³-hybridized carbons (Fsp3) is 0.250. The molecule has 1 amide bonds. The first-order valence-corrected chi connectivity index (χ1v) is 9.59. The molecule has 9 heteroatoms. The van der Waals surface area contributed by atoms with Gasteiger partial charge < -0.3 is 18.9 Å². The summed E-state index contributed by atoms with van der Waals surface area (Å²) in [5.74, 6) is 1.63. The number of hydrogen-bond donors (Lipinski definition) is 1. The second kappa shape index (κ2) is 9.24. The van der Waals surface area contributed by atoms with Crippen LogP contribution in [0.3, 0.4) is 0 Å². The highest BCUT2D eigenvalue weighted by Gasteiger charge is 2.18. The maximum absolute atomic E-state index is 12.7. The Balaban J connectivity index is 1.78. The predicted molar refractivity (Wildman–Crippen MR) is 111 cm³/mol. The molecule has 0 saturated heterocycles. The van der Waals surface area contributed by atoms with Gasteiger partial charge in [-0.05, 0) is 43.3 Å². The lowest BCUT2D eigenvalue weighted by Gasteiger charge is -2.13. The summed E-state index contributed by atoms with van der Waals surface area (Å²) < 4.78 is 21.3. The summed E-state index contributed by atoms with van der Waals surface area (Å²) in [6.45, 7) is 2.54. The number of rotatable bonds is 8. The molecule has 0 spiro atoms. The quantitative estimate of drug-likeness (QED) is 0.597. The van der Waals surface area contributed by atoms with Crippen LogP contribution in [-0.4, -0.2) is 44.0 Å². The second-order valence-electron chi connectivity index (χ2n) is 5.74. The normalized spacial score (nSPS) is 10.3. The van der Waals surface area contributed by atoms with E-state index in [-0.39, 0.29) is 5.91 Å². The van der Waals surface area contributed by atoms with E-state index in [0.717, 1.165) is 11.3 Å². The summed E-state index contributed by atoms with van der Waals surface area (Å²) in [4.78, 5) is 12.7. The average molecular weight is 415 g/mol. The van der Waals surface area contributed by atoms with Crippen molar-refractivity contribution in [3.05, 3.63) is 42.0 Å². The number of methoxy groups -OCH3 is 3. The number of ether oxygens (including phenoxy) is 4. The molecule has 8 nitrogen and oxygen atoms in total. The van der Waals surface area contributed by atoms with E-state index in [1.807, 2.05) is 31.2 Å². The average Bonchev–Trinajstić information content (AvgIpc) is 3.21. The standard InChI is InChI=1S/C20H21N3O5S/c1-5-28-14-8-6-12(7-9-14)19-22-23-20(29-19)21-18(24)13-10-15(25-2)17(27-4)16(11-13)26-3/h6-11H,5H2,1-4H3,(H,21,23,24). The van der Waals surface area contributed by atoms with Crippen molar-refractivity contribution in [2.24, 2.45) is 0 Å². The van der Waals surface area contributed by atoms with Crippen molar-refractivity contribution < 1.29 is 23.7 Å². The van der Waals surface area contributed by atoms with Gasteiger partial charge in [0.15, 0.2) is 11.5 Å². The molecule has 0 fully saturated rings. The lowest BCUT2D eigenvalue weighted by Crippen LogP contribution is -2.12. The van der Waals surface area contributed by atoms with Crippen LogP contribution in [0.5, 0.6) is 23.0 Å². The molecule has 1 N–H and O–H groups in total. The van der Waals surface area contributed by atoms with E-state index in [1.54, 1.807) is 12.1 Å². The molecule has 3 aromatic rings.